The summed E-state index contributed by atoms with van der Waals surface area (Å²) in [6.07, 6.45) is 2.65. The molecule has 1 aliphatic rings. The van der Waals surface area contributed by atoms with E-state index in [1.165, 1.54) is 25.3 Å². The Bertz CT molecular complexity index is 968. The lowest BCUT2D eigenvalue weighted by molar-refractivity contribution is -0.392. The Morgan fingerprint density at radius 2 is 1.62 bits per heavy atom. The molecule has 0 amide bonds. The summed E-state index contributed by atoms with van der Waals surface area (Å²) >= 11 is 0. The monoisotopic (exact) mass is 400 g/mol. The minimum atomic E-state index is -0.848. The molecule has 3 rings (SSSR count). The van der Waals surface area contributed by atoms with E-state index in [0.717, 1.165) is 19.3 Å². The maximum atomic E-state index is 13.1. The van der Waals surface area contributed by atoms with Crippen LogP contribution < -0.4 is 15.4 Å². The van der Waals surface area contributed by atoms with E-state index in [9.17, 15) is 25.0 Å². The summed E-state index contributed by atoms with van der Waals surface area (Å²) in [6.45, 7) is 1.10. The van der Waals surface area contributed by atoms with Crippen molar-refractivity contribution in [2.24, 2.45) is 0 Å². The Balaban J connectivity index is 2.20. The zero-order valence-corrected chi connectivity index (χ0v) is 15.8. The smallest absolute Gasteiger partial charge is 0.322 e. The van der Waals surface area contributed by atoms with Gasteiger partial charge >= 0.3 is 11.4 Å². The number of nitro benzene ring substituents is 2. The Hall–Kier alpha value is -3.69. The number of carbonyl (C=O) groups excluding carboxylic acids is 1. The second-order valence-electron chi connectivity index (χ2n) is 6.67. The number of nitrogen functional groups attached to an aromatic ring is 1. The lowest BCUT2D eigenvalue weighted by Crippen LogP contribution is -2.30. The molecule has 2 N–H and O–H groups in total. The van der Waals surface area contributed by atoms with Gasteiger partial charge in [0.1, 0.15) is 17.0 Å². The van der Waals surface area contributed by atoms with Crippen LogP contribution in [0.1, 0.15) is 35.2 Å². The van der Waals surface area contributed by atoms with E-state index in [2.05, 4.69) is 0 Å². The number of nitrogens with two attached hydrogens (primary N) is 1. The zero-order valence-electron chi connectivity index (χ0n) is 15.8. The minimum absolute atomic E-state index is 0.134. The average molecular weight is 400 g/mol. The third-order valence-electron chi connectivity index (χ3n) is 4.95. The highest BCUT2D eigenvalue weighted by atomic mass is 16.6. The summed E-state index contributed by atoms with van der Waals surface area (Å²) in [4.78, 5) is 36.5. The lowest BCUT2D eigenvalue weighted by Gasteiger charge is -2.29. The van der Waals surface area contributed by atoms with Gasteiger partial charge in [-0.25, -0.2) is 0 Å². The SMILES string of the molecule is COc1ccc(C(=O)c2cc(N3CCCCC3)c([N+](=O)[O-])c(N)c2[N+](=O)[O-])cc1. The van der Waals surface area contributed by atoms with Crippen molar-refractivity contribution < 1.29 is 19.4 Å². The van der Waals surface area contributed by atoms with Crippen molar-refractivity contribution in [2.75, 3.05) is 30.8 Å². The molecule has 1 heterocycles. The molecule has 0 spiro atoms. The molecule has 2 aromatic carbocycles. The summed E-state index contributed by atoms with van der Waals surface area (Å²) < 4.78 is 5.06. The Kier molecular flexibility index (Phi) is 5.62. The molecular formula is C19H20N4O6. The number of carbonyl (C=O) groups is 1. The van der Waals surface area contributed by atoms with Crippen LogP contribution in [0, 0.1) is 20.2 Å². The van der Waals surface area contributed by atoms with E-state index in [1.807, 2.05) is 0 Å². The maximum Gasteiger partial charge on any atom is 0.322 e. The number of nitro groups is 2. The predicted molar refractivity (Wildman–Crippen MR) is 107 cm³/mol. The van der Waals surface area contributed by atoms with E-state index in [1.54, 1.807) is 17.0 Å². The van der Waals surface area contributed by atoms with Crippen LogP contribution >= 0.6 is 0 Å². The van der Waals surface area contributed by atoms with Crippen LogP contribution in [0.3, 0.4) is 0 Å². The van der Waals surface area contributed by atoms with Crippen molar-refractivity contribution >= 4 is 28.5 Å². The number of ether oxygens (including phenoxy) is 1. The highest BCUT2D eigenvalue weighted by Gasteiger charge is 2.36. The molecule has 0 aromatic heterocycles. The topological polar surface area (TPSA) is 142 Å². The molecule has 152 valence electrons. The zero-order chi connectivity index (χ0) is 21.1. The van der Waals surface area contributed by atoms with Crippen LogP contribution in [-0.4, -0.2) is 35.8 Å². The van der Waals surface area contributed by atoms with E-state index in [4.69, 9.17) is 10.5 Å². The number of hydrogen-bond acceptors (Lipinski definition) is 8. The number of piperidine rings is 1. The van der Waals surface area contributed by atoms with Crippen LogP contribution in [0.2, 0.25) is 0 Å². The molecule has 1 aliphatic heterocycles. The van der Waals surface area contributed by atoms with Crippen LogP contribution in [0.15, 0.2) is 30.3 Å². The van der Waals surface area contributed by atoms with Crippen molar-refractivity contribution in [1.82, 2.24) is 0 Å². The van der Waals surface area contributed by atoms with Gasteiger partial charge in [0.05, 0.1) is 17.0 Å². The molecule has 10 heteroatoms. The van der Waals surface area contributed by atoms with Crippen molar-refractivity contribution in [3.8, 4) is 5.75 Å². The predicted octanol–water partition coefficient (Wildman–Crippen LogP) is 3.32. The van der Waals surface area contributed by atoms with Crippen LogP contribution in [0.4, 0.5) is 22.7 Å². The van der Waals surface area contributed by atoms with Gasteiger partial charge < -0.3 is 15.4 Å². The first kappa shape index (κ1) is 20.1. The fourth-order valence-electron chi connectivity index (χ4n) is 3.50. The Labute approximate surface area is 166 Å². The summed E-state index contributed by atoms with van der Waals surface area (Å²) in [5, 5.41) is 23.3. The normalized spacial score (nSPS) is 13.8. The van der Waals surface area contributed by atoms with Crippen molar-refractivity contribution in [3.05, 3.63) is 61.7 Å². The van der Waals surface area contributed by atoms with Crippen LogP contribution in [-0.2, 0) is 0 Å². The van der Waals surface area contributed by atoms with Gasteiger partial charge in [-0.15, -0.1) is 0 Å². The first-order chi connectivity index (χ1) is 13.8. The van der Waals surface area contributed by atoms with Crippen molar-refractivity contribution in [3.63, 3.8) is 0 Å². The first-order valence-electron chi connectivity index (χ1n) is 9.04. The molecule has 1 saturated heterocycles. The van der Waals surface area contributed by atoms with Gasteiger partial charge in [-0.3, -0.25) is 25.0 Å². The first-order valence-corrected chi connectivity index (χ1v) is 9.04. The van der Waals surface area contributed by atoms with Gasteiger partial charge in [-0.2, -0.15) is 0 Å². The number of ketones is 1. The summed E-state index contributed by atoms with van der Waals surface area (Å²) in [5.74, 6) is -0.118. The van der Waals surface area contributed by atoms with E-state index in [0.29, 0.717) is 18.8 Å². The molecule has 2 aromatic rings. The third kappa shape index (κ3) is 3.82. The number of nitrogens with zero attached hydrogens (tertiary/aromatic N) is 3. The molecule has 0 bridgehead atoms. The second-order valence-corrected chi connectivity index (χ2v) is 6.67. The van der Waals surface area contributed by atoms with Gasteiger partial charge in [0.15, 0.2) is 11.5 Å². The van der Waals surface area contributed by atoms with Crippen molar-refractivity contribution in [1.29, 1.82) is 0 Å². The minimum Gasteiger partial charge on any atom is -0.497 e. The Morgan fingerprint density at radius 3 is 2.14 bits per heavy atom. The van der Waals surface area contributed by atoms with Gasteiger partial charge in [-0.05, 0) is 49.6 Å². The number of hydrogen-bond donors (Lipinski definition) is 1. The van der Waals surface area contributed by atoms with Crippen molar-refractivity contribution in [2.45, 2.75) is 19.3 Å². The second kappa shape index (κ2) is 8.13. The van der Waals surface area contributed by atoms with Gasteiger partial charge in [-0.1, -0.05) is 0 Å². The highest BCUT2D eigenvalue weighted by molar-refractivity contribution is 6.14. The molecule has 0 saturated carbocycles. The summed E-state index contributed by atoms with van der Waals surface area (Å²) in [6, 6.07) is 7.29. The number of benzene rings is 2. The molecule has 0 unspecified atom stereocenters. The lowest BCUT2D eigenvalue weighted by atomic mass is 9.97. The maximum absolute atomic E-state index is 13.1. The molecule has 0 atom stereocenters. The number of anilines is 2. The van der Waals surface area contributed by atoms with Crippen LogP contribution in [0.5, 0.6) is 5.75 Å². The summed E-state index contributed by atoms with van der Waals surface area (Å²) in [7, 11) is 1.48. The van der Waals surface area contributed by atoms with Gasteiger partial charge in [0, 0.05) is 18.7 Å². The van der Waals surface area contributed by atoms with Gasteiger partial charge in [0.25, 0.3) is 0 Å². The van der Waals surface area contributed by atoms with Gasteiger partial charge in [0.2, 0.25) is 0 Å². The third-order valence-corrected chi connectivity index (χ3v) is 4.95. The quantitative estimate of drug-likeness (QED) is 0.337. The fraction of sp³-hybridized carbons (Fsp3) is 0.316. The van der Waals surface area contributed by atoms with E-state index < -0.39 is 32.7 Å². The molecular weight excluding hydrogens is 380 g/mol. The van der Waals surface area contributed by atoms with E-state index in [-0.39, 0.29) is 16.8 Å². The molecule has 10 nitrogen and oxygen atoms in total. The summed E-state index contributed by atoms with van der Waals surface area (Å²) in [5.41, 5.74) is 4.02. The molecule has 0 radical (unpaired) electrons. The molecule has 1 fully saturated rings. The Morgan fingerprint density at radius 1 is 1.03 bits per heavy atom. The molecule has 29 heavy (non-hydrogen) atoms. The average Bonchev–Trinajstić information content (AvgIpc) is 2.72. The largest absolute Gasteiger partial charge is 0.497 e. The van der Waals surface area contributed by atoms with E-state index >= 15 is 0 Å². The standard InChI is InChI=1S/C19H20N4O6/c1-29-13-7-5-12(6-8-13)19(24)14-11-15(21-9-3-2-4-10-21)18(23(27)28)16(20)17(14)22(25)26/h5-8,11H,2-4,9-10,20H2,1H3. The van der Waals surface area contributed by atoms with Crippen LogP contribution in [0.25, 0.3) is 0 Å². The highest BCUT2D eigenvalue weighted by Crippen LogP contribution is 2.44. The number of methoxy groups -OCH3 is 1. The molecule has 0 aliphatic carbocycles. The number of rotatable bonds is 6. The fourth-order valence-corrected chi connectivity index (χ4v) is 3.50.